The zero-order valence-electron chi connectivity index (χ0n) is 12.0. The molecule has 10 heteroatoms. The van der Waals surface area contributed by atoms with Crippen molar-refractivity contribution in [3.63, 3.8) is 0 Å². The Kier molecular flexibility index (Phi) is 4.04. The van der Waals surface area contributed by atoms with Gasteiger partial charge in [-0.05, 0) is 35.8 Å². The fourth-order valence-electron chi connectivity index (χ4n) is 2.02. The van der Waals surface area contributed by atoms with Crippen LogP contribution in [-0.4, -0.2) is 25.7 Å². The Morgan fingerprint density at radius 2 is 2.00 bits per heavy atom. The molecule has 3 aromatic rings. The predicted molar refractivity (Wildman–Crippen MR) is 85.2 cm³/mol. The summed E-state index contributed by atoms with van der Waals surface area (Å²) in [6.07, 6.45) is 1.15. The first kappa shape index (κ1) is 15.7. The van der Waals surface area contributed by atoms with Gasteiger partial charge in [0.25, 0.3) is 11.5 Å². The molecule has 0 saturated heterocycles. The van der Waals surface area contributed by atoms with Crippen LogP contribution in [-0.2, 0) is 11.3 Å². The number of primary amides is 1. The SMILES string of the molecule is NC(=O)c1nsc2c(=O)n(CC(=O)Nc3ccc(F)cc3)cnc12. The third-order valence-corrected chi connectivity index (χ3v) is 3.95. The van der Waals surface area contributed by atoms with Gasteiger partial charge < -0.3 is 11.1 Å². The van der Waals surface area contributed by atoms with Crippen molar-refractivity contribution in [2.45, 2.75) is 6.54 Å². The summed E-state index contributed by atoms with van der Waals surface area (Å²) < 4.78 is 17.9. The van der Waals surface area contributed by atoms with Crippen LogP contribution < -0.4 is 16.6 Å². The molecule has 2 aromatic heterocycles. The van der Waals surface area contributed by atoms with Gasteiger partial charge >= 0.3 is 0 Å². The third kappa shape index (κ3) is 2.99. The summed E-state index contributed by atoms with van der Waals surface area (Å²) in [5.41, 5.74) is 5.10. The third-order valence-electron chi connectivity index (χ3n) is 3.12. The van der Waals surface area contributed by atoms with Crippen LogP contribution in [0.5, 0.6) is 0 Å². The van der Waals surface area contributed by atoms with Crippen molar-refractivity contribution in [2.75, 3.05) is 5.32 Å². The number of amides is 2. The van der Waals surface area contributed by atoms with Gasteiger partial charge in [-0.1, -0.05) is 0 Å². The first-order chi connectivity index (χ1) is 11.5. The maximum Gasteiger partial charge on any atom is 0.273 e. The van der Waals surface area contributed by atoms with E-state index in [9.17, 15) is 18.8 Å². The smallest absolute Gasteiger partial charge is 0.273 e. The molecule has 0 bridgehead atoms. The van der Waals surface area contributed by atoms with Crippen LogP contribution >= 0.6 is 11.5 Å². The number of nitrogens with one attached hydrogen (secondary N) is 1. The topological polar surface area (TPSA) is 120 Å². The summed E-state index contributed by atoms with van der Waals surface area (Å²) in [4.78, 5) is 39.5. The lowest BCUT2D eigenvalue weighted by Crippen LogP contribution is -2.27. The molecule has 24 heavy (non-hydrogen) atoms. The number of aromatic nitrogens is 3. The number of anilines is 1. The summed E-state index contributed by atoms with van der Waals surface area (Å²) >= 11 is 0.796. The highest BCUT2D eigenvalue weighted by atomic mass is 32.1. The summed E-state index contributed by atoms with van der Waals surface area (Å²) in [7, 11) is 0. The van der Waals surface area contributed by atoms with Crippen molar-refractivity contribution in [3.05, 3.63) is 52.5 Å². The Morgan fingerprint density at radius 3 is 2.67 bits per heavy atom. The van der Waals surface area contributed by atoms with Crippen molar-refractivity contribution in [1.82, 2.24) is 13.9 Å². The van der Waals surface area contributed by atoms with Gasteiger partial charge in [0.15, 0.2) is 5.69 Å². The molecule has 122 valence electrons. The van der Waals surface area contributed by atoms with Gasteiger partial charge in [0.2, 0.25) is 5.91 Å². The van der Waals surface area contributed by atoms with Crippen LogP contribution in [0.25, 0.3) is 10.2 Å². The highest BCUT2D eigenvalue weighted by Crippen LogP contribution is 2.16. The van der Waals surface area contributed by atoms with Gasteiger partial charge in [0.05, 0.1) is 6.33 Å². The molecule has 0 aliphatic heterocycles. The van der Waals surface area contributed by atoms with E-state index in [2.05, 4.69) is 14.7 Å². The van der Waals surface area contributed by atoms with E-state index in [4.69, 9.17) is 5.73 Å². The minimum Gasteiger partial charge on any atom is -0.364 e. The van der Waals surface area contributed by atoms with E-state index in [1.54, 1.807) is 0 Å². The van der Waals surface area contributed by atoms with Crippen molar-refractivity contribution >= 4 is 39.3 Å². The number of hydrogen-bond acceptors (Lipinski definition) is 6. The molecule has 3 N–H and O–H groups in total. The second-order valence-corrected chi connectivity index (χ2v) is 5.58. The highest BCUT2D eigenvalue weighted by Gasteiger charge is 2.17. The molecule has 0 fully saturated rings. The molecule has 0 aliphatic carbocycles. The molecule has 3 rings (SSSR count). The number of carbonyl (C=O) groups is 2. The van der Waals surface area contributed by atoms with Gasteiger partial charge in [-0.15, -0.1) is 0 Å². The number of fused-ring (bicyclic) bond motifs is 1. The number of rotatable bonds is 4. The van der Waals surface area contributed by atoms with Crippen molar-refractivity contribution in [3.8, 4) is 0 Å². The molecule has 0 saturated carbocycles. The Labute approximate surface area is 137 Å². The second kappa shape index (κ2) is 6.16. The van der Waals surface area contributed by atoms with E-state index in [0.717, 1.165) is 22.4 Å². The molecule has 0 spiro atoms. The minimum absolute atomic E-state index is 0.0741. The molecule has 0 atom stereocenters. The van der Waals surface area contributed by atoms with E-state index in [1.807, 2.05) is 0 Å². The van der Waals surface area contributed by atoms with Crippen molar-refractivity contribution < 1.29 is 14.0 Å². The largest absolute Gasteiger partial charge is 0.364 e. The van der Waals surface area contributed by atoms with E-state index in [1.165, 1.54) is 24.3 Å². The van der Waals surface area contributed by atoms with Crippen molar-refractivity contribution in [1.29, 1.82) is 0 Å². The first-order valence-corrected chi connectivity index (χ1v) is 7.43. The standard InChI is InChI=1S/C14H10FN5O3S/c15-7-1-3-8(4-2-7)18-9(21)5-20-6-17-10-11(13(16)22)19-24-12(10)14(20)23/h1-4,6H,5H2,(H2,16,22)(H,18,21). The number of carbonyl (C=O) groups excluding carboxylic acids is 2. The van der Waals surface area contributed by atoms with Gasteiger partial charge in [0.1, 0.15) is 22.6 Å². The maximum atomic E-state index is 12.8. The lowest BCUT2D eigenvalue weighted by atomic mass is 10.3. The highest BCUT2D eigenvalue weighted by molar-refractivity contribution is 7.13. The summed E-state index contributed by atoms with van der Waals surface area (Å²) in [6, 6.07) is 5.22. The van der Waals surface area contributed by atoms with Crippen molar-refractivity contribution in [2.24, 2.45) is 5.73 Å². The normalized spacial score (nSPS) is 10.7. The van der Waals surface area contributed by atoms with Gasteiger partial charge in [-0.3, -0.25) is 19.0 Å². The quantitative estimate of drug-likeness (QED) is 0.721. The summed E-state index contributed by atoms with van der Waals surface area (Å²) in [5.74, 6) is -1.68. The van der Waals surface area contributed by atoms with Gasteiger partial charge in [0, 0.05) is 5.69 Å². The summed E-state index contributed by atoms with van der Waals surface area (Å²) in [6.45, 7) is -0.289. The summed E-state index contributed by atoms with van der Waals surface area (Å²) in [5, 5.41) is 2.54. The first-order valence-electron chi connectivity index (χ1n) is 6.66. The number of nitrogens with two attached hydrogens (primary N) is 1. The molecular formula is C14H10FN5O3S. The molecule has 8 nitrogen and oxygen atoms in total. The Morgan fingerprint density at radius 1 is 1.29 bits per heavy atom. The fraction of sp³-hybridized carbons (Fsp3) is 0.0714. The molecule has 2 heterocycles. The Hall–Kier alpha value is -3.14. The van der Waals surface area contributed by atoms with Crippen LogP contribution in [0.3, 0.4) is 0 Å². The number of benzene rings is 1. The average molecular weight is 347 g/mol. The fourth-order valence-corrected chi connectivity index (χ4v) is 2.81. The second-order valence-electron chi connectivity index (χ2n) is 4.81. The Balaban J connectivity index is 1.83. The number of halogens is 1. The average Bonchev–Trinajstić information content (AvgIpc) is 2.97. The monoisotopic (exact) mass is 347 g/mol. The molecular weight excluding hydrogens is 337 g/mol. The van der Waals surface area contributed by atoms with Crippen LogP contribution in [0.4, 0.5) is 10.1 Å². The molecule has 1 aromatic carbocycles. The molecule has 0 unspecified atom stereocenters. The molecule has 0 radical (unpaired) electrons. The lowest BCUT2D eigenvalue weighted by molar-refractivity contribution is -0.116. The van der Waals surface area contributed by atoms with Crippen LogP contribution in [0.1, 0.15) is 10.5 Å². The predicted octanol–water partition coefficient (Wildman–Crippen LogP) is 0.730. The van der Waals surface area contributed by atoms with Gasteiger partial charge in [-0.2, -0.15) is 4.37 Å². The van der Waals surface area contributed by atoms with Crippen LogP contribution in [0.15, 0.2) is 35.4 Å². The van der Waals surface area contributed by atoms with E-state index in [0.29, 0.717) is 5.69 Å². The zero-order chi connectivity index (χ0) is 17.3. The molecule has 0 aliphatic rings. The van der Waals surface area contributed by atoms with Crippen LogP contribution in [0.2, 0.25) is 0 Å². The Bertz CT molecular complexity index is 996. The van der Waals surface area contributed by atoms with E-state index >= 15 is 0 Å². The number of hydrogen-bond donors (Lipinski definition) is 2. The van der Waals surface area contributed by atoms with E-state index in [-0.39, 0.29) is 22.5 Å². The minimum atomic E-state index is -0.778. The maximum absolute atomic E-state index is 12.8. The lowest BCUT2D eigenvalue weighted by Gasteiger charge is -2.07. The zero-order valence-corrected chi connectivity index (χ0v) is 12.8. The molecule has 2 amide bonds. The van der Waals surface area contributed by atoms with Crippen LogP contribution in [0, 0.1) is 5.82 Å². The van der Waals surface area contributed by atoms with Gasteiger partial charge in [-0.25, -0.2) is 9.37 Å². The number of nitrogens with zero attached hydrogens (tertiary/aromatic N) is 3. The van der Waals surface area contributed by atoms with E-state index < -0.39 is 23.2 Å².